The summed E-state index contributed by atoms with van der Waals surface area (Å²) in [6.07, 6.45) is 2.73. The Morgan fingerprint density at radius 2 is 1.91 bits per heavy atom. The smallest absolute Gasteiger partial charge is 0.243 e. The number of piperidine rings is 1. The molecule has 2 unspecified atom stereocenters. The predicted octanol–water partition coefficient (Wildman–Crippen LogP) is 4.93. The van der Waals surface area contributed by atoms with Crippen LogP contribution in [-0.2, 0) is 10.0 Å². The summed E-state index contributed by atoms with van der Waals surface area (Å²) >= 11 is 1.40. The number of benzene rings is 2. The van der Waals surface area contributed by atoms with E-state index in [1.54, 1.807) is 35.8 Å². The van der Waals surface area contributed by atoms with Gasteiger partial charge in [0.05, 0.1) is 23.9 Å². The molecule has 33 heavy (non-hydrogen) atoms. The number of nitrogens with one attached hydrogen (secondary N) is 1. The number of ether oxygens (including phenoxy) is 1. The van der Waals surface area contributed by atoms with Gasteiger partial charge in [0, 0.05) is 29.6 Å². The van der Waals surface area contributed by atoms with Gasteiger partial charge in [-0.2, -0.15) is 9.41 Å². The summed E-state index contributed by atoms with van der Waals surface area (Å²) in [5.41, 5.74) is 5.24. The van der Waals surface area contributed by atoms with Gasteiger partial charge in [-0.15, -0.1) is 11.3 Å². The second-order valence-electron chi connectivity index (χ2n) is 8.45. The Kier molecular flexibility index (Phi) is 7.11. The van der Waals surface area contributed by atoms with Crippen molar-refractivity contribution in [2.75, 3.05) is 25.6 Å². The number of rotatable bonds is 7. The lowest BCUT2D eigenvalue weighted by molar-refractivity contribution is 0.222. The number of hydrogen-bond donors (Lipinski definition) is 1. The number of sulfonamides is 1. The lowest BCUT2D eigenvalue weighted by Crippen LogP contribution is -2.42. The Balaban J connectivity index is 1.50. The second kappa shape index (κ2) is 10.0. The molecule has 4 rings (SSSR count). The fraction of sp³-hybridized carbons (Fsp3) is 0.333. The average molecular weight is 485 g/mol. The lowest BCUT2D eigenvalue weighted by atomic mass is 9.94. The van der Waals surface area contributed by atoms with E-state index in [1.807, 2.05) is 35.7 Å². The molecule has 1 saturated heterocycles. The minimum Gasteiger partial charge on any atom is -0.496 e. The minimum absolute atomic E-state index is 0.304. The summed E-state index contributed by atoms with van der Waals surface area (Å²) in [7, 11) is -1.93. The first-order valence-electron chi connectivity index (χ1n) is 10.8. The number of hydrogen-bond acceptors (Lipinski definition) is 7. The van der Waals surface area contributed by atoms with E-state index in [2.05, 4.69) is 29.4 Å². The number of hydrazone groups is 1. The Hall–Kier alpha value is -2.75. The van der Waals surface area contributed by atoms with Gasteiger partial charge < -0.3 is 4.74 Å². The first-order valence-corrected chi connectivity index (χ1v) is 13.2. The van der Waals surface area contributed by atoms with E-state index in [1.165, 1.54) is 11.3 Å². The molecule has 0 saturated carbocycles. The molecule has 1 aromatic heterocycles. The summed E-state index contributed by atoms with van der Waals surface area (Å²) in [4.78, 5) is 4.87. The van der Waals surface area contributed by atoms with Crippen molar-refractivity contribution in [1.82, 2.24) is 9.29 Å². The maximum Gasteiger partial charge on any atom is 0.243 e. The van der Waals surface area contributed by atoms with Gasteiger partial charge in [0.15, 0.2) is 0 Å². The van der Waals surface area contributed by atoms with Gasteiger partial charge in [-0.1, -0.05) is 38.1 Å². The Bertz CT molecular complexity index is 1230. The molecular weight excluding hydrogens is 456 g/mol. The number of methoxy groups -OCH3 is 1. The Morgan fingerprint density at radius 3 is 2.67 bits per heavy atom. The van der Waals surface area contributed by atoms with Crippen LogP contribution < -0.4 is 10.2 Å². The summed E-state index contributed by atoms with van der Waals surface area (Å²) in [6, 6.07) is 14.6. The molecule has 0 spiro atoms. The molecule has 1 fully saturated rings. The van der Waals surface area contributed by atoms with Crippen LogP contribution in [0.1, 0.15) is 25.8 Å². The largest absolute Gasteiger partial charge is 0.496 e. The van der Waals surface area contributed by atoms with E-state index in [0.717, 1.165) is 23.3 Å². The summed E-state index contributed by atoms with van der Waals surface area (Å²) < 4.78 is 33.5. The Morgan fingerprint density at radius 1 is 1.15 bits per heavy atom. The van der Waals surface area contributed by atoms with E-state index >= 15 is 0 Å². The van der Waals surface area contributed by atoms with Crippen molar-refractivity contribution in [3.8, 4) is 17.0 Å². The molecule has 0 radical (unpaired) electrons. The zero-order valence-corrected chi connectivity index (χ0v) is 20.6. The first-order chi connectivity index (χ1) is 15.9. The molecule has 2 aromatic carbocycles. The number of anilines is 1. The van der Waals surface area contributed by atoms with Gasteiger partial charge in [-0.25, -0.2) is 13.4 Å². The SMILES string of the molecule is COc1ccccc1C=NNc1nc(-c2cccc(S(=O)(=O)N3CC(C)CC(C)C3)c2)cs1. The highest BCUT2D eigenvalue weighted by molar-refractivity contribution is 7.89. The molecule has 174 valence electrons. The molecule has 9 heteroatoms. The van der Waals surface area contributed by atoms with Crippen LogP contribution in [0, 0.1) is 11.8 Å². The van der Waals surface area contributed by atoms with Crippen LogP contribution in [0.25, 0.3) is 11.3 Å². The van der Waals surface area contributed by atoms with Gasteiger partial charge >= 0.3 is 0 Å². The fourth-order valence-electron chi connectivity index (χ4n) is 4.15. The molecule has 1 aliphatic heterocycles. The van der Waals surface area contributed by atoms with Gasteiger partial charge in [-0.3, -0.25) is 5.43 Å². The van der Waals surface area contributed by atoms with Crippen LogP contribution in [0.5, 0.6) is 5.75 Å². The molecule has 0 aliphatic carbocycles. The number of thiazole rings is 1. The Labute approximate surface area is 199 Å². The molecule has 2 heterocycles. The standard InChI is InChI=1S/C24H28N4O3S2/c1-17-11-18(2)15-28(14-17)33(29,30)21-9-6-8-19(12-21)22-16-32-24(26-22)27-25-13-20-7-4-5-10-23(20)31-3/h4-10,12-13,16-18H,11,14-15H2,1-3H3,(H,26,27). The third-order valence-electron chi connectivity index (χ3n) is 5.61. The van der Waals surface area contributed by atoms with Gasteiger partial charge in [0.1, 0.15) is 5.75 Å². The number of nitrogens with zero attached hydrogens (tertiary/aromatic N) is 3. The number of aromatic nitrogens is 1. The van der Waals surface area contributed by atoms with Crippen LogP contribution in [0.4, 0.5) is 5.13 Å². The van der Waals surface area contributed by atoms with Crippen LogP contribution in [0.2, 0.25) is 0 Å². The third kappa shape index (κ3) is 5.43. The van der Waals surface area contributed by atoms with Crippen molar-refractivity contribution in [2.45, 2.75) is 25.2 Å². The van der Waals surface area contributed by atoms with E-state index < -0.39 is 10.0 Å². The van der Waals surface area contributed by atoms with Crippen LogP contribution in [0.15, 0.2) is 63.9 Å². The van der Waals surface area contributed by atoms with E-state index in [0.29, 0.717) is 40.6 Å². The van der Waals surface area contributed by atoms with Gasteiger partial charge in [-0.05, 0) is 42.5 Å². The summed E-state index contributed by atoms with van der Waals surface area (Å²) in [5.74, 6) is 1.45. The third-order valence-corrected chi connectivity index (χ3v) is 8.18. The molecule has 0 bridgehead atoms. The lowest BCUT2D eigenvalue weighted by Gasteiger charge is -2.34. The fourth-order valence-corrected chi connectivity index (χ4v) is 6.55. The normalized spacial score (nSPS) is 19.6. The first kappa shape index (κ1) is 23.4. The highest BCUT2D eigenvalue weighted by atomic mass is 32.2. The summed E-state index contributed by atoms with van der Waals surface area (Å²) in [6.45, 7) is 5.33. The van der Waals surface area contributed by atoms with Gasteiger partial charge in [0.2, 0.25) is 15.2 Å². The monoisotopic (exact) mass is 484 g/mol. The molecule has 7 nitrogen and oxygen atoms in total. The predicted molar refractivity (Wildman–Crippen MR) is 133 cm³/mol. The maximum absolute atomic E-state index is 13.3. The molecule has 3 aromatic rings. The molecule has 1 N–H and O–H groups in total. The van der Waals surface area contributed by atoms with Crippen molar-refractivity contribution >= 4 is 32.7 Å². The second-order valence-corrected chi connectivity index (χ2v) is 11.2. The van der Waals surface area contributed by atoms with Gasteiger partial charge in [0.25, 0.3) is 0 Å². The van der Waals surface area contributed by atoms with Crippen LogP contribution in [0.3, 0.4) is 0 Å². The van der Waals surface area contributed by atoms with Crippen molar-refractivity contribution in [3.63, 3.8) is 0 Å². The topological polar surface area (TPSA) is 83.9 Å². The summed E-state index contributed by atoms with van der Waals surface area (Å²) in [5, 5.41) is 6.75. The van der Waals surface area contributed by atoms with Crippen molar-refractivity contribution < 1.29 is 13.2 Å². The van der Waals surface area contributed by atoms with E-state index in [9.17, 15) is 8.42 Å². The van der Waals surface area contributed by atoms with E-state index in [4.69, 9.17) is 4.74 Å². The highest BCUT2D eigenvalue weighted by Gasteiger charge is 2.31. The van der Waals surface area contributed by atoms with Crippen molar-refractivity contribution in [3.05, 3.63) is 59.5 Å². The molecule has 2 atom stereocenters. The van der Waals surface area contributed by atoms with Crippen molar-refractivity contribution in [2.24, 2.45) is 16.9 Å². The average Bonchev–Trinajstić information content (AvgIpc) is 3.28. The zero-order chi connectivity index (χ0) is 23.4. The molecule has 0 amide bonds. The van der Waals surface area contributed by atoms with E-state index in [-0.39, 0.29) is 0 Å². The molecular formula is C24H28N4O3S2. The minimum atomic E-state index is -3.55. The van der Waals surface area contributed by atoms with Crippen LogP contribution >= 0.6 is 11.3 Å². The number of para-hydroxylation sites is 1. The zero-order valence-electron chi connectivity index (χ0n) is 18.9. The molecule has 1 aliphatic rings. The maximum atomic E-state index is 13.3. The van der Waals surface area contributed by atoms with Crippen LogP contribution in [-0.4, -0.2) is 44.1 Å². The highest BCUT2D eigenvalue weighted by Crippen LogP contribution is 2.30. The quantitative estimate of drug-likeness (QED) is 0.380. The van der Waals surface area contributed by atoms with Crippen molar-refractivity contribution in [1.29, 1.82) is 0 Å².